The molecule has 2 rings (SSSR count). The number of benzene rings is 2. The number of hydrogen-bond donors (Lipinski definition) is 0. The van der Waals surface area contributed by atoms with Crippen LogP contribution in [-0.2, 0) is 0 Å². The van der Waals surface area contributed by atoms with Crippen molar-refractivity contribution in [1.29, 1.82) is 0 Å². The van der Waals surface area contributed by atoms with Crippen LogP contribution in [0.15, 0.2) is 65.7 Å². The van der Waals surface area contributed by atoms with Crippen LogP contribution in [0.25, 0.3) is 0 Å². The van der Waals surface area contributed by atoms with E-state index in [0.717, 1.165) is 11.4 Å². The molecule has 18 heavy (non-hydrogen) atoms. The molecule has 0 aliphatic carbocycles. The van der Waals surface area contributed by atoms with Crippen LogP contribution in [0.1, 0.15) is 26.3 Å². The average molecular weight is 237 g/mol. The number of nitrogens with zero attached hydrogens (tertiary/aromatic N) is 1. The van der Waals surface area contributed by atoms with Gasteiger partial charge >= 0.3 is 0 Å². The van der Waals surface area contributed by atoms with Crippen molar-refractivity contribution in [3.05, 3.63) is 66.2 Å². The van der Waals surface area contributed by atoms with Gasteiger partial charge in [0.2, 0.25) is 0 Å². The predicted molar refractivity (Wildman–Crippen MR) is 78.5 cm³/mol. The molecular formula is C17H19N. The van der Waals surface area contributed by atoms with Gasteiger partial charge in [-0.15, -0.1) is 0 Å². The highest BCUT2D eigenvalue weighted by Gasteiger charge is 2.20. The fraction of sp³-hybridized carbons (Fsp3) is 0.235. The summed E-state index contributed by atoms with van der Waals surface area (Å²) in [7, 11) is 0. The van der Waals surface area contributed by atoms with Crippen LogP contribution in [0.5, 0.6) is 0 Å². The van der Waals surface area contributed by atoms with E-state index in [0.29, 0.717) is 0 Å². The molecule has 0 amide bonds. The minimum absolute atomic E-state index is 0.0250. The third kappa shape index (κ3) is 3.07. The number of rotatable bonds is 2. The lowest BCUT2D eigenvalue weighted by Gasteiger charge is -2.22. The van der Waals surface area contributed by atoms with Crippen molar-refractivity contribution in [1.82, 2.24) is 0 Å². The number of aliphatic imine (C=N–C) groups is 1. The summed E-state index contributed by atoms with van der Waals surface area (Å²) < 4.78 is 0. The quantitative estimate of drug-likeness (QED) is 0.662. The van der Waals surface area contributed by atoms with Crippen molar-refractivity contribution in [2.24, 2.45) is 10.4 Å². The van der Waals surface area contributed by atoms with Crippen LogP contribution < -0.4 is 0 Å². The number of hydrogen-bond acceptors (Lipinski definition) is 1. The minimum Gasteiger partial charge on any atom is -0.252 e. The summed E-state index contributed by atoms with van der Waals surface area (Å²) in [4.78, 5) is 4.82. The second kappa shape index (κ2) is 5.18. The maximum atomic E-state index is 4.82. The first-order chi connectivity index (χ1) is 8.57. The van der Waals surface area contributed by atoms with Gasteiger partial charge in [-0.25, -0.2) is 0 Å². The van der Waals surface area contributed by atoms with E-state index < -0.39 is 0 Å². The largest absolute Gasteiger partial charge is 0.252 e. The normalized spacial score (nSPS) is 12.5. The van der Waals surface area contributed by atoms with E-state index >= 15 is 0 Å². The van der Waals surface area contributed by atoms with E-state index in [9.17, 15) is 0 Å². The molecule has 0 aromatic heterocycles. The van der Waals surface area contributed by atoms with Gasteiger partial charge in [0.15, 0.2) is 0 Å². The van der Waals surface area contributed by atoms with E-state index in [1.54, 1.807) is 0 Å². The monoisotopic (exact) mass is 237 g/mol. The summed E-state index contributed by atoms with van der Waals surface area (Å²) in [5, 5.41) is 0. The Morgan fingerprint density at radius 3 is 1.78 bits per heavy atom. The highest BCUT2D eigenvalue weighted by Crippen LogP contribution is 2.25. The standard InChI is InChI=1S/C17H19N/c1-17(2,3)16(14-10-6-4-7-11-14)18-15-12-8-5-9-13-15/h4-13H,1-3H3. The third-order valence-electron chi connectivity index (χ3n) is 2.75. The Labute approximate surface area is 109 Å². The Bertz CT molecular complexity index is 519. The van der Waals surface area contributed by atoms with Gasteiger partial charge in [-0.2, -0.15) is 0 Å². The SMILES string of the molecule is CC(C)(C)C(=Nc1ccccc1)c1ccccc1. The van der Waals surface area contributed by atoms with Crippen molar-refractivity contribution in [3.8, 4) is 0 Å². The van der Waals surface area contributed by atoms with E-state index in [1.807, 2.05) is 36.4 Å². The molecule has 0 atom stereocenters. The summed E-state index contributed by atoms with van der Waals surface area (Å²) in [6.07, 6.45) is 0. The first-order valence-electron chi connectivity index (χ1n) is 6.27. The Morgan fingerprint density at radius 2 is 1.28 bits per heavy atom. The van der Waals surface area contributed by atoms with Gasteiger partial charge < -0.3 is 0 Å². The van der Waals surface area contributed by atoms with Gasteiger partial charge in [-0.3, -0.25) is 4.99 Å². The van der Waals surface area contributed by atoms with Crippen LogP contribution in [0.2, 0.25) is 0 Å². The summed E-state index contributed by atoms with van der Waals surface area (Å²) in [6, 6.07) is 20.5. The molecule has 0 saturated heterocycles. The zero-order chi connectivity index (χ0) is 13.0. The second-order valence-electron chi connectivity index (χ2n) is 5.41. The highest BCUT2D eigenvalue weighted by atomic mass is 14.8. The van der Waals surface area contributed by atoms with E-state index in [-0.39, 0.29) is 5.41 Å². The first kappa shape index (κ1) is 12.6. The molecule has 0 bridgehead atoms. The van der Waals surface area contributed by atoms with Gasteiger partial charge in [0.1, 0.15) is 0 Å². The molecule has 1 nitrogen and oxygen atoms in total. The van der Waals surface area contributed by atoms with Crippen LogP contribution >= 0.6 is 0 Å². The van der Waals surface area contributed by atoms with Crippen LogP contribution in [-0.4, -0.2) is 5.71 Å². The van der Waals surface area contributed by atoms with E-state index in [1.165, 1.54) is 5.56 Å². The lowest BCUT2D eigenvalue weighted by molar-refractivity contribution is 0.592. The lowest BCUT2D eigenvalue weighted by atomic mass is 9.85. The Kier molecular flexibility index (Phi) is 3.61. The zero-order valence-electron chi connectivity index (χ0n) is 11.2. The topological polar surface area (TPSA) is 12.4 Å². The molecule has 2 aromatic rings. The molecule has 0 heterocycles. The van der Waals surface area contributed by atoms with Crippen LogP contribution in [0, 0.1) is 5.41 Å². The maximum Gasteiger partial charge on any atom is 0.0633 e. The van der Waals surface area contributed by atoms with Crippen molar-refractivity contribution in [2.75, 3.05) is 0 Å². The number of para-hydroxylation sites is 1. The molecule has 2 aromatic carbocycles. The van der Waals surface area contributed by atoms with Crippen molar-refractivity contribution in [2.45, 2.75) is 20.8 Å². The fourth-order valence-electron chi connectivity index (χ4n) is 1.89. The van der Waals surface area contributed by atoms with Crippen molar-refractivity contribution < 1.29 is 0 Å². The average Bonchev–Trinajstić information content (AvgIpc) is 2.37. The van der Waals surface area contributed by atoms with Gasteiger partial charge in [-0.1, -0.05) is 69.3 Å². The smallest absolute Gasteiger partial charge is 0.0633 e. The molecule has 0 saturated carbocycles. The summed E-state index contributed by atoms with van der Waals surface area (Å²) in [5.41, 5.74) is 3.34. The van der Waals surface area contributed by atoms with Crippen LogP contribution in [0.4, 0.5) is 5.69 Å². The zero-order valence-corrected chi connectivity index (χ0v) is 11.2. The Balaban J connectivity index is 2.48. The molecule has 0 fully saturated rings. The Morgan fingerprint density at radius 1 is 0.778 bits per heavy atom. The van der Waals surface area contributed by atoms with E-state index in [2.05, 4.69) is 45.0 Å². The van der Waals surface area contributed by atoms with Gasteiger partial charge in [0.25, 0.3) is 0 Å². The highest BCUT2D eigenvalue weighted by molar-refractivity contribution is 6.05. The van der Waals surface area contributed by atoms with Gasteiger partial charge in [0, 0.05) is 5.41 Å². The van der Waals surface area contributed by atoms with Crippen molar-refractivity contribution >= 4 is 11.4 Å². The second-order valence-corrected chi connectivity index (χ2v) is 5.41. The van der Waals surface area contributed by atoms with E-state index in [4.69, 9.17) is 4.99 Å². The summed E-state index contributed by atoms with van der Waals surface area (Å²) in [5.74, 6) is 0. The predicted octanol–water partition coefficient (Wildman–Crippen LogP) is 4.85. The molecule has 0 radical (unpaired) electrons. The fourth-order valence-corrected chi connectivity index (χ4v) is 1.89. The minimum atomic E-state index is 0.0250. The molecule has 0 unspecified atom stereocenters. The van der Waals surface area contributed by atoms with Crippen molar-refractivity contribution in [3.63, 3.8) is 0 Å². The molecule has 1 heteroatoms. The molecular weight excluding hydrogens is 218 g/mol. The lowest BCUT2D eigenvalue weighted by Crippen LogP contribution is -2.21. The summed E-state index contributed by atoms with van der Waals surface area (Å²) >= 11 is 0. The molecule has 0 N–H and O–H groups in total. The maximum absolute atomic E-state index is 4.82. The van der Waals surface area contributed by atoms with Gasteiger partial charge in [-0.05, 0) is 17.7 Å². The summed E-state index contributed by atoms with van der Waals surface area (Å²) in [6.45, 7) is 6.59. The van der Waals surface area contributed by atoms with Gasteiger partial charge in [0.05, 0.1) is 11.4 Å². The molecule has 0 aliphatic rings. The van der Waals surface area contributed by atoms with Crippen LogP contribution in [0.3, 0.4) is 0 Å². The molecule has 92 valence electrons. The Hall–Kier alpha value is -1.89. The molecule has 0 spiro atoms. The molecule has 0 aliphatic heterocycles. The first-order valence-corrected chi connectivity index (χ1v) is 6.27. The third-order valence-corrected chi connectivity index (χ3v) is 2.75.